The smallest absolute Gasteiger partial charge is 0.253 e. The van der Waals surface area contributed by atoms with Gasteiger partial charge in [-0.2, -0.15) is 11.3 Å². The van der Waals surface area contributed by atoms with E-state index in [1.54, 1.807) is 4.90 Å². The van der Waals surface area contributed by atoms with Gasteiger partial charge in [-0.25, -0.2) is 0 Å². The van der Waals surface area contributed by atoms with Gasteiger partial charge in [0.15, 0.2) is 0 Å². The highest BCUT2D eigenvalue weighted by Crippen LogP contribution is 2.15. The van der Waals surface area contributed by atoms with E-state index in [2.05, 4.69) is 5.32 Å². The van der Waals surface area contributed by atoms with Crippen molar-refractivity contribution in [2.45, 2.75) is 26.8 Å². The zero-order valence-corrected chi connectivity index (χ0v) is 13.5. The molecule has 0 radical (unpaired) electrons. The number of carbonyl (C=O) groups excluding carboxylic acids is 2. The molecule has 0 aliphatic carbocycles. The molecule has 1 aromatic rings. The van der Waals surface area contributed by atoms with Gasteiger partial charge >= 0.3 is 0 Å². The van der Waals surface area contributed by atoms with E-state index in [-0.39, 0.29) is 17.7 Å². The fraction of sp³-hybridized carbons (Fsp3) is 0.600. The van der Waals surface area contributed by atoms with E-state index in [1.165, 1.54) is 11.3 Å². The van der Waals surface area contributed by atoms with Crippen molar-refractivity contribution in [1.82, 2.24) is 10.2 Å². The Labute approximate surface area is 129 Å². The van der Waals surface area contributed by atoms with Gasteiger partial charge in [-0.3, -0.25) is 9.59 Å². The van der Waals surface area contributed by atoms with Gasteiger partial charge in [0, 0.05) is 18.5 Å². The predicted octanol–water partition coefficient (Wildman–Crippen LogP) is 1.67. The van der Waals surface area contributed by atoms with Crippen molar-refractivity contribution in [3.63, 3.8) is 0 Å². The summed E-state index contributed by atoms with van der Waals surface area (Å²) in [6.07, 6.45) is 0. The summed E-state index contributed by atoms with van der Waals surface area (Å²) < 4.78 is 5.27. The molecule has 116 valence electrons. The molecule has 6 heteroatoms. The fourth-order valence-corrected chi connectivity index (χ4v) is 3.13. The normalized spacial score (nSPS) is 16.9. The molecule has 1 aliphatic heterocycles. The molecule has 1 aromatic heterocycles. The molecule has 2 rings (SSSR count). The van der Waals surface area contributed by atoms with E-state index >= 15 is 0 Å². The average Bonchev–Trinajstić information content (AvgIpc) is 2.90. The first-order valence-corrected chi connectivity index (χ1v) is 8.15. The number of nitrogens with one attached hydrogen (secondary N) is 1. The van der Waals surface area contributed by atoms with Crippen LogP contribution >= 0.6 is 11.3 Å². The number of amides is 2. The summed E-state index contributed by atoms with van der Waals surface area (Å²) in [4.78, 5) is 26.7. The first-order chi connectivity index (χ1) is 10.0. The van der Waals surface area contributed by atoms with Crippen molar-refractivity contribution in [1.29, 1.82) is 0 Å². The van der Waals surface area contributed by atoms with Crippen LogP contribution in [0.4, 0.5) is 0 Å². The molecule has 1 fully saturated rings. The molecule has 1 atom stereocenters. The lowest BCUT2D eigenvalue weighted by molar-refractivity contribution is -0.138. The van der Waals surface area contributed by atoms with Crippen LogP contribution < -0.4 is 5.32 Å². The maximum Gasteiger partial charge on any atom is 0.253 e. The van der Waals surface area contributed by atoms with Crippen LogP contribution in [0.2, 0.25) is 0 Å². The first kappa shape index (κ1) is 16.0. The van der Waals surface area contributed by atoms with Crippen molar-refractivity contribution in [2.75, 3.05) is 26.3 Å². The third-order valence-corrected chi connectivity index (χ3v) is 4.50. The summed E-state index contributed by atoms with van der Waals surface area (Å²) in [6.45, 7) is 8.11. The van der Waals surface area contributed by atoms with E-state index in [1.807, 2.05) is 31.5 Å². The van der Waals surface area contributed by atoms with Crippen LogP contribution in [0.1, 0.15) is 29.8 Å². The highest BCUT2D eigenvalue weighted by molar-refractivity contribution is 7.08. The largest absolute Gasteiger partial charge is 0.378 e. The molecule has 1 aliphatic rings. The SMILES string of the molecule is Cc1cscc1C(=O)N[C@@H](C(=O)N1CCOCC1)C(C)C. The quantitative estimate of drug-likeness (QED) is 0.920. The Balaban J connectivity index is 2.06. The van der Waals surface area contributed by atoms with E-state index in [4.69, 9.17) is 4.74 Å². The van der Waals surface area contributed by atoms with Crippen molar-refractivity contribution >= 4 is 23.2 Å². The summed E-state index contributed by atoms with van der Waals surface area (Å²) >= 11 is 1.49. The lowest BCUT2D eigenvalue weighted by Crippen LogP contribution is -2.53. The van der Waals surface area contributed by atoms with Gasteiger partial charge in [0.25, 0.3) is 5.91 Å². The van der Waals surface area contributed by atoms with Gasteiger partial charge in [0.2, 0.25) is 5.91 Å². The van der Waals surface area contributed by atoms with Crippen molar-refractivity contribution in [3.05, 3.63) is 21.9 Å². The second-order valence-electron chi connectivity index (χ2n) is 5.60. The predicted molar refractivity (Wildman–Crippen MR) is 82.5 cm³/mol. The average molecular weight is 310 g/mol. The standard InChI is InChI=1S/C15H22N2O3S/c1-10(2)13(15(19)17-4-6-20-7-5-17)16-14(18)12-9-21-8-11(12)3/h8-10,13H,4-7H2,1-3H3,(H,16,18)/t13-/m1/s1. The van der Waals surface area contributed by atoms with Gasteiger partial charge in [0.1, 0.15) is 6.04 Å². The number of morpholine rings is 1. The summed E-state index contributed by atoms with van der Waals surface area (Å²) in [5.74, 6) is -0.146. The molecule has 0 aromatic carbocycles. The maximum atomic E-state index is 12.6. The number of hydrogen-bond acceptors (Lipinski definition) is 4. The number of thiophene rings is 1. The molecule has 21 heavy (non-hydrogen) atoms. The van der Waals surface area contributed by atoms with Crippen LogP contribution in [0.25, 0.3) is 0 Å². The minimum absolute atomic E-state index is 0.0190. The molecule has 1 N–H and O–H groups in total. The Morgan fingerprint density at radius 2 is 1.95 bits per heavy atom. The van der Waals surface area contributed by atoms with Gasteiger partial charge < -0.3 is 15.0 Å². The summed E-state index contributed by atoms with van der Waals surface area (Å²) in [7, 11) is 0. The van der Waals surface area contributed by atoms with Gasteiger partial charge in [-0.05, 0) is 23.8 Å². The summed E-state index contributed by atoms with van der Waals surface area (Å²) in [6, 6.07) is -0.491. The highest BCUT2D eigenvalue weighted by Gasteiger charge is 2.30. The van der Waals surface area contributed by atoms with Gasteiger partial charge in [-0.15, -0.1) is 0 Å². The van der Waals surface area contributed by atoms with Crippen LogP contribution in [0, 0.1) is 12.8 Å². The Morgan fingerprint density at radius 3 is 2.48 bits per heavy atom. The van der Waals surface area contributed by atoms with Crippen molar-refractivity contribution in [3.8, 4) is 0 Å². The summed E-state index contributed by atoms with van der Waals surface area (Å²) in [5, 5.41) is 6.65. The Morgan fingerprint density at radius 1 is 1.29 bits per heavy atom. The number of rotatable bonds is 4. The highest BCUT2D eigenvalue weighted by atomic mass is 32.1. The lowest BCUT2D eigenvalue weighted by atomic mass is 10.0. The molecule has 2 amide bonds. The Kier molecular flexibility index (Phi) is 5.36. The van der Waals surface area contributed by atoms with E-state index < -0.39 is 6.04 Å². The monoisotopic (exact) mass is 310 g/mol. The van der Waals surface area contributed by atoms with Gasteiger partial charge in [0.05, 0.1) is 18.8 Å². The maximum absolute atomic E-state index is 12.6. The Bertz CT molecular complexity index is 507. The number of ether oxygens (including phenoxy) is 1. The minimum Gasteiger partial charge on any atom is -0.378 e. The fourth-order valence-electron chi connectivity index (χ4n) is 2.31. The molecule has 0 saturated carbocycles. The molecule has 0 bridgehead atoms. The molecule has 0 unspecified atom stereocenters. The third kappa shape index (κ3) is 3.83. The second kappa shape index (κ2) is 7.04. The topological polar surface area (TPSA) is 58.6 Å². The molecule has 0 spiro atoms. The van der Waals surface area contributed by atoms with Crippen LogP contribution in [0.3, 0.4) is 0 Å². The molecular formula is C15H22N2O3S. The van der Waals surface area contributed by atoms with E-state index in [9.17, 15) is 9.59 Å². The minimum atomic E-state index is -0.491. The second-order valence-corrected chi connectivity index (χ2v) is 6.34. The zero-order chi connectivity index (χ0) is 15.4. The molecule has 1 saturated heterocycles. The first-order valence-electron chi connectivity index (χ1n) is 7.21. The van der Waals surface area contributed by atoms with E-state index in [0.29, 0.717) is 31.9 Å². The van der Waals surface area contributed by atoms with Crippen LogP contribution in [-0.2, 0) is 9.53 Å². The summed E-state index contributed by atoms with van der Waals surface area (Å²) in [5.41, 5.74) is 1.60. The third-order valence-electron chi connectivity index (χ3n) is 3.64. The molecule has 5 nitrogen and oxygen atoms in total. The number of hydrogen-bond donors (Lipinski definition) is 1. The van der Waals surface area contributed by atoms with Crippen molar-refractivity contribution in [2.24, 2.45) is 5.92 Å². The van der Waals surface area contributed by atoms with Crippen LogP contribution in [0.5, 0.6) is 0 Å². The molecule has 2 heterocycles. The van der Waals surface area contributed by atoms with Crippen molar-refractivity contribution < 1.29 is 14.3 Å². The van der Waals surface area contributed by atoms with Crippen LogP contribution in [0.15, 0.2) is 10.8 Å². The van der Waals surface area contributed by atoms with E-state index in [0.717, 1.165) is 5.56 Å². The number of nitrogens with zero attached hydrogens (tertiary/aromatic N) is 1. The zero-order valence-electron chi connectivity index (χ0n) is 12.7. The number of aryl methyl sites for hydroxylation is 1. The Hall–Kier alpha value is -1.40. The molecular weight excluding hydrogens is 288 g/mol. The van der Waals surface area contributed by atoms with Gasteiger partial charge in [-0.1, -0.05) is 13.8 Å². The lowest BCUT2D eigenvalue weighted by Gasteiger charge is -2.32. The van der Waals surface area contributed by atoms with Crippen LogP contribution in [-0.4, -0.2) is 49.1 Å². The number of carbonyl (C=O) groups is 2.